The number of amides is 1. The maximum atomic E-state index is 13.2. The summed E-state index contributed by atoms with van der Waals surface area (Å²) in [7, 11) is -3.49. The molecule has 0 saturated heterocycles. The van der Waals surface area contributed by atoms with E-state index in [1.165, 1.54) is 23.5 Å². The lowest BCUT2D eigenvalue weighted by Crippen LogP contribution is -2.30. The Hall–Kier alpha value is -2.74. The zero-order valence-electron chi connectivity index (χ0n) is 18.1. The number of sulfone groups is 1. The number of aromatic nitrogens is 1. The molecular weight excluding hydrogens is 476 g/mol. The van der Waals surface area contributed by atoms with E-state index >= 15 is 0 Å². The zero-order valence-corrected chi connectivity index (χ0v) is 20.5. The Morgan fingerprint density at radius 3 is 2.48 bits per heavy atom. The Morgan fingerprint density at radius 2 is 1.76 bits per heavy atom. The van der Waals surface area contributed by atoms with Gasteiger partial charge in [0.05, 0.1) is 27.4 Å². The second-order valence-electron chi connectivity index (χ2n) is 7.81. The molecule has 3 aromatic carbocycles. The van der Waals surface area contributed by atoms with Gasteiger partial charge in [0.15, 0.2) is 15.0 Å². The summed E-state index contributed by atoms with van der Waals surface area (Å²) in [5.41, 5.74) is 2.96. The van der Waals surface area contributed by atoms with Gasteiger partial charge in [-0.3, -0.25) is 9.69 Å². The van der Waals surface area contributed by atoms with Crippen molar-refractivity contribution in [2.24, 2.45) is 0 Å². The molecule has 8 heteroatoms. The van der Waals surface area contributed by atoms with E-state index in [4.69, 9.17) is 11.6 Å². The van der Waals surface area contributed by atoms with Gasteiger partial charge in [0.2, 0.25) is 5.91 Å². The molecule has 1 amide bonds. The van der Waals surface area contributed by atoms with Gasteiger partial charge in [0.25, 0.3) is 0 Å². The smallest absolute Gasteiger partial charge is 0.229 e. The molecule has 0 aliphatic heterocycles. The molecule has 0 spiro atoms. The molecule has 0 radical (unpaired) electrons. The van der Waals surface area contributed by atoms with E-state index in [-0.39, 0.29) is 29.4 Å². The average Bonchev–Trinajstić information content (AvgIpc) is 3.21. The monoisotopic (exact) mass is 498 g/mol. The number of hydrogen-bond donors (Lipinski definition) is 0. The summed E-state index contributed by atoms with van der Waals surface area (Å²) in [6, 6.07) is 21.8. The number of benzene rings is 3. The molecule has 33 heavy (non-hydrogen) atoms. The van der Waals surface area contributed by atoms with Crippen molar-refractivity contribution in [2.45, 2.75) is 31.2 Å². The highest BCUT2D eigenvalue weighted by Crippen LogP contribution is 2.31. The summed E-state index contributed by atoms with van der Waals surface area (Å²) >= 11 is 7.32. The van der Waals surface area contributed by atoms with Crippen LogP contribution in [0.3, 0.4) is 0 Å². The first-order chi connectivity index (χ1) is 15.8. The number of rotatable bonds is 8. The van der Waals surface area contributed by atoms with Crippen LogP contribution in [0.5, 0.6) is 0 Å². The predicted octanol–water partition coefficient (Wildman–Crippen LogP) is 6.05. The van der Waals surface area contributed by atoms with Crippen molar-refractivity contribution in [1.82, 2.24) is 4.98 Å². The number of carbonyl (C=O) groups is 1. The van der Waals surface area contributed by atoms with Gasteiger partial charge in [0, 0.05) is 11.4 Å². The molecule has 0 unspecified atom stereocenters. The average molecular weight is 499 g/mol. The quantitative estimate of drug-likeness (QED) is 0.297. The fourth-order valence-electron chi connectivity index (χ4n) is 3.47. The van der Waals surface area contributed by atoms with Gasteiger partial charge >= 0.3 is 0 Å². The highest BCUT2D eigenvalue weighted by molar-refractivity contribution is 7.91. The van der Waals surface area contributed by atoms with Crippen LogP contribution >= 0.6 is 22.9 Å². The van der Waals surface area contributed by atoms with E-state index in [1.807, 2.05) is 49.4 Å². The fourth-order valence-corrected chi connectivity index (χ4v) is 5.99. The van der Waals surface area contributed by atoms with Crippen LogP contribution < -0.4 is 4.90 Å². The molecule has 0 N–H and O–H groups in total. The van der Waals surface area contributed by atoms with Crippen LogP contribution in [-0.4, -0.2) is 25.1 Å². The van der Waals surface area contributed by atoms with Crippen LogP contribution in [0.1, 0.15) is 24.0 Å². The molecule has 4 aromatic rings. The van der Waals surface area contributed by atoms with Crippen molar-refractivity contribution in [3.05, 3.63) is 88.9 Å². The van der Waals surface area contributed by atoms with Crippen molar-refractivity contribution in [2.75, 3.05) is 10.7 Å². The van der Waals surface area contributed by atoms with E-state index in [1.54, 1.807) is 17.0 Å². The molecule has 1 aromatic heterocycles. The third-order valence-electron chi connectivity index (χ3n) is 5.22. The van der Waals surface area contributed by atoms with Crippen LogP contribution in [0.2, 0.25) is 5.02 Å². The van der Waals surface area contributed by atoms with Crippen molar-refractivity contribution >= 4 is 54.0 Å². The summed E-state index contributed by atoms with van der Waals surface area (Å²) in [4.78, 5) is 19.8. The van der Waals surface area contributed by atoms with Gasteiger partial charge in [0.1, 0.15) is 0 Å². The topological polar surface area (TPSA) is 67.3 Å². The van der Waals surface area contributed by atoms with E-state index in [0.717, 1.165) is 21.3 Å². The third-order valence-corrected chi connectivity index (χ3v) is 8.33. The van der Waals surface area contributed by atoms with Crippen LogP contribution in [0.15, 0.2) is 77.7 Å². The molecule has 0 bridgehead atoms. The van der Waals surface area contributed by atoms with Crippen LogP contribution in [0.4, 0.5) is 5.13 Å². The lowest BCUT2D eigenvalue weighted by Gasteiger charge is -2.20. The summed E-state index contributed by atoms with van der Waals surface area (Å²) < 4.78 is 26.3. The van der Waals surface area contributed by atoms with Crippen LogP contribution in [-0.2, 0) is 21.2 Å². The van der Waals surface area contributed by atoms with Crippen molar-refractivity contribution < 1.29 is 13.2 Å². The first-order valence-corrected chi connectivity index (χ1v) is 13.4. The van der Waals surface area contributed by atoms with Crippen molar-refractivity contribution in [1.29, 1.82) is 0 Å². The Bertz CT molecular complexity index is 1370. The van der Waals surface area contributed by atoms with E-state index in [0.29, 0.717) is 16.7 Å². The van der Waals surface area contributed by atoms with Gasteiger partial charge in [-0.05, 0) is 60.9 Å². The normalized spacial score (nSPS) is 11.6. The highest BCUT2D eigenvalue weighted by atomic mass is 35.5. The third kappa shape index (κ3) is 5.79. The first kappa shape index (κ1) is 23.4. The van der Waals surface area contributed by atoms with Crippen LogP contribution in [0.25, 0.3) is 10.2 Å². The second-order valence-corrected chi connectivity index (χ2v) is 11.4. The number of thiazole rings is 1. The lowest BCUT2D eigenvalue weighted by atomic mass is 10.2. The predicted molar refractivity (Wildman–Crippen MR) is 135 cm³/mol. The number of halogens is 1. The Balaban J connectivity index is 1.52. The number of anilines is 1. The van der Waals surface area contributed by atoms with Gasteiger partial charge in [-0.15, -0.1) is 0 Å². The molecular formula is C25H23ClN2O3S2. The first-order valence-electron chi connectivity index (χ1n) is 10.5. The molecule has 4 rings (SSSR count). The largest absolute Gasteiger partial charge is 0.284 e. The Morgan fingerprint density at radius 1 is 1.03 bits per heavy atom. The standard InChI is InChI=1S/C25H23ClN2O3S2/c1-18-9-14-22-23(16-18)32-25(27-22)28(17-19-6-3-2-4-7-19)24(29)8-5-15-33(30,31)21-12-10-20(26)11-13-21/h2-4,6-7,9-14,16H,5,8,15,17H2,1H3. The van der Waals surface area contributed by atoms with Gasteiger partial charge in [-0.25, -0.2) is 13.4 Å². The Kier molecular flexibility index (Phi) is 7.12. The SMILES string of the molecule is Cc1ccc2nc(N(Cc3ccccc3)C(=O)CCCS(=O)(=O)c3ccc(Cl)cc3)sc2c1. The maximum absolute atomic E-state index is 13.2. The number of hydrogen-bond acceptors (Lipinski definition) is 5. The van der Waals surface area contributed by atoms with Crippen LogP contribution in [0, 0.1) is 6.92 Å². The molecule has 0 atom stereocenters. The molecule has 0 aliphatic rings. The van der Waals surface area contributed by atoms with Crippen molar-refractivity contribution in [3.63, 3.8) is 0 Å². The maximum Gasteiger partial charge on any atom is 0.229 e. The molecule has 1 heterocycles. The van der Waals surface area contributed by atoms with E-state index in [2.05, 4.69) is 11.1 Å². The summed E-state index contributed by atoms with van der Waals surface area (Å²) in [5, 5.41) is 1.09. The minimum Gasteiger partial charge on any atom is -0.284 e. The number of aryl methyl sites for hydroxylation is 1. The molecule has 170 valence electrons. The summed E-state index contributed by atoms with van der Waals surface area (Å²) in [5.74, 6) is -0.264. The number of nitrogens with zero attached hydrogens (tertiary/aromatic N) is 2. The zero-order chi connectivity index (χ0) is 23.4. The molecule has 5 nitrogen and oxygen atoms in total. The van der Waals surface area contributed by atoms with Gasteiger partial charge in [-0.1, -0.05) is 59.3 Å². The van der Waals surface area contributed by atoms with Gasteiger partial charge in [-0.2, -0.15) is 0 Å². The summed E-state index contributed by atoms with van der Waals surface area (Å²) in [6.45, 7) is 2.40. The second kappa shape index (κ2) is 10.0. The molecule has 0 saturated carbocycles. The molecule has 0 fully saturated rings. The Labute approximate surface area is 202 Å². The van der Waals surface area contributed by atoms with E-state index in [9.17, 15) is 13.2 Å². The lowest BCUT2D eigenvalue weighted by molar-refractivity contribution is -0.118. The fraction of sp³-hybridized carbons (Fsp3) is 0.200. The number of carbonyl (C=O) groups excluding carboxylic acids is 1. The minimum absolute atomic E-state index is 0.106. The number of fused-ring (bicyclic) bond motifs is 1. The summed E-state index contributed by atoms with van der Waals surface area (Å²) in [6.07, 6.45) is 0.327. The van der Waals surface area contributed by atoms with Crippen molar-refractivity contribution in [3.8, 4) is 0 Å². The minimum atomic E-state index is -3.49. The highest BCUT2D eigenvalue weighted by Gasteiger charge is 2.22. The molecule has 0 aliphatic carbocycles. The van der Waals surface area contributed by atoms with Gasteiger partial charge < -0.3 is 0 Å². The van der Waals surface area contributed by atoms with E-state index < -0.39 is 9.84 Å².